The molecule has 0 spiro atoms. The Morgan fingerprint density at radius 2 is 1.47 bits per heavy atom. The maximum absolute atomic E-state index is 12.6. The van der Waals surface area contributed by atoms with Gasteiger partial charge < -0.3 is 4.74 Å². The van der Waals surface area contributed by atoms with E-state index in [1.807, 2.05) is 79.0 Å². The van der Waals surface area contributed by atoms with Gasteiger partial charge in [-0.2, -0.15) is 0 Å². The molecule has 4 aromatic rings. The fourth-order valence-electron chi connectivity index (χ4n) is 3.15. The highest BCUT2D eigenvalue weighted by Crippen LogP contribution is 2.20. The molecule has 1 aromatic heterocycles. The molecule has 0 atom stereocenters. The normalized spacial score (nSPS) is 10.2. The van der Waals surface area contributed by atoms with Gasteiger partial charge in [-0.1, -0.05) is 54.6 Å². The second kappa shape index (κ2) is 9.94. The van der Waals surface area contributed by atoms with E-state index in [1.54, 1.807) is 18.0 Å². The molecule has 30 heavy (non-hydrogen) atoms. The number of halogens is 1. The number of ketones is 1. The Labute approximate surface area is 186 Å². The number of carbonyl (C=O) groups excluding carboxylic acids is 1. The van der Waals surface area contributed by atoms with Crippen molar-refractivity contribution in [2.24, 2.45) is 0 Å². The zero-order valence-electron chi connectivity index (χ0n) is 16.6. The van der Waals surface area contributed by atoms with Crippen LogP contribution < -0.4 is 9.30 Å². The smallest absolute Gasteiger partial charge is 0.287 e. The fraction of sp³-hybridized carbons (Fsp3) is 0.0800. The van der Waals surface area contributed by atoms with Crippen molar-refractivity contribution in [2.45, 2.75) is 6.54 Å². The Morgan fingerprint density at radius 3 is 2.07 bits per heavy atom. The lowest BCUT2D eigenvalue weighted by atomic mass is 10.0. The molecular formula is C25H22BrN2O2+. The average Bonchev–Trinajstić information content (AvgIpc) is 2.80. The summed E-state index contributed by atoms with van der Waals surface area (Å²) < 4.78 is 6.97. The molecule has 0 radical (unpaired) electrons. The molecule has 3 aromatic carbocycles. The van der Waals surface area contributed by atoms with E-state index in [1.165, 1.54) is 0 Å². The van der Waals surface area contributed by atoms with Crippen molar-refractivity contribution in [1.82, 2.24) is 4.98 Å². The molecule has 0 saturated carbocycles. The first-order valence-electron chi connectivity index (χ1n) is 9.41. The van der Waals surface area contributed by atoms with Gasteiger partial charge in [-0.3, -0.25) is 4.79 Å². The van der Waals surface area contributed by atoms with Gasteiger partial charge in [-0.15, -0.1) is 17.0 Å². The maximum Gasteiger partial charge on any atom is 0.287 e. The Bertz CT molecular complexity index is 1090. The molecule has 0 fully saturated rings. The molecule has 0 unspecified atom stereocenters. The van der Waals surface area contributed by atoms with Crippen LogP contribution in [0.15, 0.2) is 97.5 Å². The number of benzene rings is 3. The van der Waals surface area contributed by atoms with Crippen LogP contribution in [-0.2, 0) is 6.54 Å². The SMILES string of the molecule is Br.COc1ccc(-c2cc[n+](CC(=O)c3ccc(-c4ccccc4)cc3)cn2)cc1. The summed E-state index contributed by atoms with van der Waals surface area (Å²) in [4.78, 5) is 17.1. The van der Waals surface area contributed by atoms with E-state index in [0.717, 1.165) is 28.1 Å². The number of hydrogen-bond donors (Lipinski definition) is 0. The van der Waals surface area contributed by atoms with Crippen molar-refractivity contribution in [2.75, 3.05) is 7.11 Å². The Balaban J connectivity index is 0.00000256. The molecule has 4 nitrogen and oxygen atoms in total. The van der Waals surface area contributed by atoms with Gasteiger partial charge in [0.1, 0.15) is 5.75 Å². The summed E-state index contributed by atoms with van der Waals surface area (Å²) in [5.41, 5.74) is 4.78. The molecule has 0 saturated heterocycles. The molecule has 0 amide bonds. The van der Waals surface area contributed by atoms with E-state index in [9.17, 15) is 4.79 Å². The van der Waals surface area contributed by atoms with E-state index in [0.29, 0.717) is 5.56 Å². The average molecular weight is 462 g/mol. The molecule has 0 N–H and O–H groups in total. The standard InChI is InChI=1S/C25H21N2O2.BrH/c1-29-23-13-11-21(12-14-23)24-15-16-27(18-26-24)17-25(28)22-9-7-20(8-10-22)19-5-3-2-4-6-19;/h2-16,18H,17H2,1H3;1H/q+1;. The summed E-state index contributed by atoms with van der Waals surface area (Å²) >= 11 is 0. The number of nitrogens with zero attached hydrogens (tertiary/aromatic N) is 2. The monoisotopic (exact) mass is 461 g/mol. The lowest BCUT2D eigenvalue weighted by molar-refractivity contribution is -0.686. The van der Waals surface area contributed by atoms with Gasteiger partial charge in [0.05, 0.1) is 13.3 Å². The summed E-state index contributed by atoms with van der Waals surface area (Å²) in [5, 5.41) is 0. The molecule has 4 rings (SSSR count). The number of ether oxygens (including phenoxy) is 1. The fourth-order valence-corrected chi connectivity index (χ4v) is 3.15. The van der Waals surface area contributed by atoms with E-state index >= 15 is 0 Å². The largest absolute Gasteiger partial charge is 0.497 e. The Morgan fingerprint density at radius 1 is 0.833 bits per heavy atom. The zero-order chi connectivity index (χ0) is 20.1. The summed E-state index contributed by atoms with van der Waals surface area (Å²) in [6.07, 6.45) is 3.57. The molecule has 0 aliphatic carbocycles. The Kier molecular flexibility index (Phi) is 7.09. The lowest BCUT2D eigenvalue weighted by Gasteiger charge is -2.04. The first-order chi connectivity index (χ1) is 14.2. The summed E-state index contributed by atoms with van der Waals surface area (Å²) in [6, 6.07) is 27.5. The third-order valence-corrected chi connectivity index (χ3v) is 4.79. The quantitative estimate of drug-likeness (QED) is 0.293. The minimum absolute atomic E-state index is 0. The number of Topliss-reactive ketones (excluding diaryl/α,β-unsaturated/α-hetero) is 1. The van der Waals surface area contributed by atoms with Crippen molar-refractivity contribution in [1.29, 1.82) is 0 Å². The van der Waals surface area contributed by atoms with Crippen molar-refractivity contribution in [3.8, 4) is 28.1 Å². The van der Waals surface area contributed by atoms with Crippen molar-refractivity contribution in [3.05, 3.63) is 103 Å². The van der Waals surface area contributed by atoms with Gasteiger partial charge in [0.2, 0.25) is 5.78 Å². The number of hydrogen-bond acceptors (Lipinski definition) is 3. The predicted molar refractivity (Wildman–Crippen MR) is 123 cm³/mol. The van der Waals surface area contributed by atoms with Crippen molar-refractivity contribution >= 4 is 22.8 Å². The van der Waals surface area contributed by atoms with Crippen LogP contribution in [0.5, 0.6) is 5.75 Å². The van der Waals surface area contributed by atoms with E-state index in [4.69, 9.17) is 4.74 Å². The Hall–Kier alpha value is -3.31. The summed E-state index contributed by atoms with van der Waals surface area (Å²) in [5.74, 6) is 0.859. The third-order valence-electron chi connectivity index (χ3n) is 4.79. The van der Waals surface area contributed by atoms with Crippen LogP contribution in [-0.4, -0.2) is 17.9 Å². The molecule has 0 bridgehead atoms. The molecule has 0 aliphatic heterocycles. The van der Waals surface area contributed by atoms with Gasteiger partial charge in [-0.05, 0) is 40.4 Å². The highest BCUT2D eigenvalue weighted by atomic mass is 79.9. The van der Waals surface area contributed by atoms with Crippen LogP contribution in [0.2, 0.25) is 0 Å². The second-order valence-corrected chi connectivity index (χ2v) is 6.71. The van der Waals surface area contributed by atoms with E-state index < -0.39 is 0 Å². The number of aromatic nitrogens is 2. The van der Waals surface area contributed by atoms with Gasteiger partial charge in [-0.25, -0.2) is 4.57 Å². The molecule has 1 heterocycles. The summed E-state index contributed by atoms with van der Waals surface area (Å²) in [7, 11) is 1.64. The molecular weight excluding hydrogens is 440 g/mol. The topological polar surface area (TPSA) is 43.1 Å². The van der Waals surface area contributed by atoms with Crippen LogP contribution in [0.25, 0.3) is 22.4 Å². The highest BCUT2D eigenvalue weighted by Gasteiger charge is 2.12. The van der Waals surface area contributed by atoms with Crippen LogP contribution in [0.4, 0.5) is 0 Å². The van der Waals surface area contributed by atoms with Crippen LogP contribution in [0.1, 0.15) is 10.4 Å². The van der Waals surface area contributed by atoms with Gasteiger partial charge in [0.15, 0.2) is 12.2 Å². The maximum atomic E-state index is 12.6. The first kappa shape index (κ1) is 21.4. The number of carbonyl (C=O) groups is 1. The van der Waals surface area contributed by atoms with Gasteiger partial charge >= 0.3 is 0 Å². The van der Waals surface area contributed by atoms with Crippen molar-refractivity contribution in [3.63, 3.8) is 0 Å². The van der Waals surface area contributed by atoms with Crippen LogP contribution >= 0.6 is 17.0 Å². The molecule has 150 valence electrons. The van der Waals surface area contributed by atoms with E-state index in [2.05, 4.69) is 17.1 Å². The number of methoxy groups -OCH3 is 1. The first-order valence-corrected chi connectivity index (χ1v) is 9.41. The van der Waals surface area contributed by atoms with Gasteiger partial charge in [0, 0.05) is 17.2 Å². The predicted octanol–water partition coefficient (Wildman–Crippen LogP) is 5.17. The minimum Gasteiger partial charge on any atom is -0.497 e. The minimum atomic E-state index is 0. The third kappa shape index (κ3) is 4.99. The second-order valence-electron chi connectivity index (χ2n) is 6.71. The lowest BCUT2D eigenvalue weighted by Crippen LogP contribution is -2.37. The highest BCUT2D eigenvalue weighted by molar-refractivity contribution is 8.93. The van der Waals surface area contributed by atoms with Crippen LogP contribution in [0, 0.1) is 0 Å². The van der Waals surface area contributed by atoms with Gasteiger partial charge in [0.25, 0.3) is 6.33 Å². The summed E-state index contributed by atoms with van der Waals surface area (Å²) in [6.45, 7) is 0.251. The van der Waals surface area contributed by atoms with Crippen LogP contribution in [0.3, 0.4) is 0 Å². The zero-order valence-corrected chi connectivity index (χ0v) is 18.3. The van der Waals surface area contributed by atoms with E-state index in [-0.39, 0.29) is 29.3 Å². The molecule has 5 heteroatoms. The number of rotatable bonds is 6. The van der Waals surface area contributed by atoms with Crippen molar-refractivity contribution < 1.29 is 14.1 Å². The molecule has 0 aliphatic rings.